The molecular formula is C46H56N6O6. The molecular weight excluding hydrogens is 733 g/mol. The van der Waals surface area contributed by atoms with Crippen LogP contribution < -0.4 is 39.6 Å². The summed E-state index contributed by atoms with van der Waals surface area (Å²) in [6, 6.07) is 11.8. The molecule has 3 aliphatic rings. The Labute approximate surface area is 342 Å². The van der Waals surface area contributed by atoms with Gasteiger partial charge in [-0.15, -0.1) is 0 Å². The number of nitrogens with zero attached hydrogens (tertiary/aromatic N) is 3. The molecule has 3 heterocycles. The Morgan fingerprint density at radius 3 is 2.14 bits per heavy atom. The fourth-order valence-electron chi connectivity index (χ4n) is 9.05. The molecule has 3 aliphatic heterocycles. The number of fused-ring (bicyclic) bond motifs is 7. The van der Waals surface area contributed by atoms with Crippen molar-refractivity contribution in [3.05, 3.63) is 120 Å². The van der Waals surface area contributed by atoms with Crippen LogP contribution in [0.1, 0.15) is 52.4 Å². The molecule has 0 aromatic heterocycles. The number of para-hydroxylation sites is 1. The van der Waals surface area contributed by atoms with Crippen LogP contribution in [0.4, 0.5) is 10.5 Å². The van der Waals surface area contributed by atoms with Gasteiger partial charge in [0, 0.05) is 52.3 Å². The second kappa shape index (κ2) is 18.1. The number of nitrogens with one attached hydrogen (secondary N) is 3. The number of aryl methyl sites for hydroxylation is 1. The van der Waals surface area contributed by atoms with E-state index in [1.807, 2.05) is 51.1 Å². The molecule has 2 amide bonds. The topological polar surface area (TPSA) is 130 Å². The van der Waals surface area contributed by atoms with E-state index in [0.29, 0.717) is 66.1 Å². The van der Waals surface area contributed by atoms with Gasteiger partial charge in [-0.05, 0) is 63.9 Å². The summed E-state index contributed by atoms with van der Waals surface area (Å²) in [5.41, 5.74) is 7.02. The zero-order valence-corrected chi connectivity index (χ0v) is 34.5. The molecule has 58 heavy (non-hydrogen) atoms. The summed E-state index contributed by atoms with van der Waals surface area (Å²) >= 11 is 0. The van der Waals surface area contributed by atoms with E-state index in [1.165, 1.54) is 0 Å². The first-order valence-corrected chi connectivity index (χ1v) is 19.6. The summed E-state index contributed by atoms with van der Waals surface area (Å²) in [7, 11) is 5.40. The third-order valence-electron chi connectivity index (χ3n) is 11.5. The van der Waals surface area contributed by atoms with E-state index in [-0.39, 0.29) is 37.4 Å². The van der Waals surface area contributed by atoms with Crippen LogP contribution in [-0.2, 0) is 12.8 Å². The normalized spacial score (nSPS) is 21.0. The lowest BCUT2D eigenvalue weighted by atomic mass is 9.71. The van der Waals surface area contributed by atoms with Crippen molar-refractivity contribution in [3.63, 3.8) is 0 Å². The van der Waals surface area contributed by atoms with Gasteiger partial charge in [-0.1, -0.05) is 68.8 Å². The SMILES string of the molecule is C=CCOc1c(C)c(OC)c(OCC=C)c2c1C[C@H]1[C@H]3c4c(cc(C)c(OC)c4OCC=C)CC([C@H](C#N)N1[C@H]2CNC(=C)[C@H](C)NC(=O)Nc1ccccc1)N3C. The quantitative estimate of drug-likeness (QED) is 0.122. The molecule has 3 aromatic carbocycles. The number of carbonyl (C=O) groups is 1. The number of piperazine rings is 1. The second-order valence-electron chi connectivity index (χ2n) is 14.9. The van der Waals surface area contributed by atoms with Crippen molar-refractivity contribution in [2.45, 2.75) is 69.9 Å². The van der Waals surface area contributed by atoms with Crippen LogP contribution in [0.15, 0.2) is 86.6 Å². The molecule has 1 saturated heterocycles. The summed E-state index contributed by atoms with van der Waals surface area (Å²) < 4.78 is 31.7. The van der Waals surface area contributed by atoms with Crippen LogP contribution in [0.25, 0.3) is 0 Å². The number of urea groups is 1. The Kier molecular flexibility index (Phi) is 13.0. The molecule has 0 saturated carbocycles. The average molecular weight is 789 g/mol. The van der Waals surface area contributed by atoms with Crippen molar-refractivity contribution in [2.75, 3.05) is 52.9 Å². The van der Waals surface area contributed by atoms with E-state index in [4.69, 9.17) is 23.7 Å². The fourth-order valence-corrected chi connectivity index (χ4v) is 9.05. The minimum absolute atomic E-state index is 0.158. The summed E-state index contributed by atoms with van der Waals surface area (Å²) in [6.07, 6.45) is 6.30. The fraction of sp³-hybridized carbons (Fsp3) is 0.391. The monoisotopic (exact) mass is 788 g/mol. The van der Waals surface area contributed by atoms with Crippen molar-refractivity contribution in [3.8, 4) is 34.8 Å². The lowest BCUT2D eigenvalue weighted by molar-refractivity contribution is -0.0723. The molecule has 0 spiro atoms. The predicted molar refractivity (Wildman–Crippen MR) is 227 cm³/mol. The number of ether oxygens (including phenoxy) is 5. The molecule has 3 aromatic rings. The number of benzene rings is 3. The van der Waals surface area contributed by atoms with Gasteiger partial charge < -0.3 is 39.6 Å². The van der Waals surface area contributed by atoms with Gasteiger partial charge in [-0.3, -0.25) is 9.80 Å². The molecule has 0 radical (unpaired) electrons. The highest BCUT2D eigenvalue weighted by Gasteiger charge is 2.56. The number of hydrogen-bond acceptors (Lipinski definition) is 10. The van der Waals surface area contributed by atoms with Crippen molar-refractivity contribution in [1.82, 2.24) is 20.4 Å². The zero-order valence-electron chi connectivity index (χ0n) is 34.5. The summed E-state index contributed by atoms with van der Waals surface area (Å²) in [6.45, 7) is 23.1. The van der Waals surface area contributed by atoms with E-state index in [0.717, 1.165) is 33.4 Å². The summed E-state index contributed by atoms with van der Waals surface area (Å²) in [4.78, 5) is 17.7. The van der Waals surface area contributed by atoms with Crippen LogP contribution in [0.5, 0.6) is 28.7 Å². The van der Waals surface area contributed by atoms with Crippen LogP contribution in [0.3, 0.4) is 0 Å². The van der Waals surface area contributed by atoms with Gasteiger partial charge in [0.05, 0.1) is 38.4 Å². The van der Waals surface area contributed by atoms with Gasteiger partial charge in [-0.2, -0.15) is 5.26 Å². The van der Waals surface area contributed by atoms with E-state index in [2.05, 4.69) is 71.2 Å². The Bertz CT molecular complexity index is 2100. The van der Waals surface area contributed by atoms with Crippen LogP contribution >= 0.6 is 0 Å². The van der Waals surface area contributed by atoms with Gasteiger partial charge in [0.1, 0.15) is 31.6 Å². The molecule has 306 valence electrons. The Morgan fingerprint density at radius 2 is 1.53 bits per heavy atom. The zero-order chi connectivity index (χ0) is 41.7. The van der Waals surface area contributed by atoms with Crippen molar-refractivity contribution in [1.29, 1.82) is 5.26 Å². The molecule has 1 fully saturated rings. The lowest BCUT2D eigenvalue weighted by Crippen LogP contribution is -2.68. The molecule has 1 unspecified atom stereocenters. The lowest BCUT2D eigenvalue weighted by Gasteiger charge is -2.60. The Morgan fingerprint density at radius 1 is 0.914 bits per heavy atom. The number of amides is 2. The van der Waals surface area contributed by atoms with Gasteiger partial charge in [0.25, 0.3) is 0 Å². The average Bonchev–Trinajstić information content (AvgIpc) is 3.21. The smallest absolute Gasteiger partial charge is 0.319 e. The first-order valence-electron chi connectivity index (χ1n) is 19.6. The van der Waals surface area contributed by atoms with E-state index in [9.17, 15) is 10.1 Å². The predicted octanol–water partition coefficient (Wildman–Crippen LogP) is 7.10. The molecule has 0 aliphatic carbocycles. The van der Waals surface area contributed by atoms with E-state index < -0.39 is 18.1 Å². The second-order valence-corrected chi connectivity index (χ2v) is 14.9. The largest absolute Gasteiger partial charge is 0.493 e. The first kappa shape index (κ1) is 41.7. The molecule has 2 bridgehead atoms. The molecule has 12 nitrogen and oxygen atoms in total. The third kappa shape index (κ3) is 7.72. The van der Waals surface area contributed by atoms with Crippen molar-refractivity contribution < 1.29 is 28.5 Å². The summed E-state index contributed by atoms with van der Waals surface area (Å²) in [5, 5.41) is 20.7. The number of methoxy groups -OCH3 is 2. The van der Waals surface area contributed by atoms with E-state index in [1.54, 1.807) is 32.4 Å². The maximum atomic E-state index is 13.0. The van der Waals surface area contributed by atoms with Gasteiger partial charge >= 0.3 is 6.03 Å². The van der Waals surface area contributed by atoms with Crippen molar-refractivity contribution in [2.24, 2.45) is 0 Å². The minimum Gasteiger partial charge on any atom is -0.493 e. The molecule has 3 N–H and O–H groups in total. The minimum atomic E-state index is -0.531. The number of hydrogen-bond donors (Lipinski definition) is 3. The standard InChI is InChI=1S/C46H56N6O6/c1-11-19-56-42-28(5)43(55-10)45(58-21-13-3)39-33(42)24-35-40-38-31(22-27(4)41(54-9)44(38)57-20-12-2)23-34(51(40)8)36(25-47)52(35)37(39)26-48-29(6)30(7)49-46(53)50-32-17-15-14-16-18-32/h11-18,22,30,34-37,40,48H,1-3,6,19-21,23-24,26H2,4-5,7-10H3,(H2,49,50,53)/t30-,34?,35-,36-,37-,40-/m0/s1. The number of rotatable bonds is 17. The maximum absolute atomic E-state index is 13.0. The molecule has 6 rings (SSSR count). The molecule has 12 heteroatoms. The van der Waals surface area contributed by atoms with Gasteiger partial charge in [-0.25, -0.2) is 4.79 Å². The van der Waals surface area contributed by atoms with E-state index >= 15 is 0 Å². The number of anilines is 1. The van der Waals surface area contributed by atoms with Crippen molar-refractivity contribution >= 4 is 11.7 Å². The van der Waals surface area contributed by atoms with Crippen LogP contribution in [0, 0.1) is 25.2 Å². The highest BCUT2D eigenvalue weighted by molar-refractivity contribution is 5.89. The Balaban J connectivity index is 1.51. The van der Waals surface area contributed by atoms with Crippen LogP contribution in [0.2, 0.25) is 0 Å². The first-order chi connectivity index (χ1) is 28.0. The number of carbonyl (C=O) groups excluding carboxylic acids is 1. The number of nitriles is 1. The highest BCUT2D eigenvalue weighted by Crippen LogP contribution is 2.58. The Hall–Kier alpha value is -5.90. The van der Waals surface area contributed by atoms with Crippen LogP contribution in [-0.4, -0.2) is 87.6 Å². The third-order valence-corrected chi connectivity index (χ3v) is 11.5. The van der Waals surface area contributed by atoms with Gasteiger partial charge in [0.2, 0.25) is 0 Å². The molecule has 6 atom stereocenters. The van der Waals surface area contributed by atoms with Gasteiger partial charge in [0.15, 0.2) is 23.0 Å². The number of likely N-dealkylation sites (N-methyl/N-ethyl adjacent to an activating group) is 1. The summed E-state index contributed by atoms with van der Waals surface area (Å²) in [5.74, 6) is 3.17. The highest BCUT2D eigenvalue weighted by atomic mass is 16.5. The maximum Gasteiger partial charge on any atom is 0.319 e.